The van der Waals surface area contributed by atoms with Gasteiger partial charge in [0.05, 0.1) is 19.3 Å². The molecule has 2 unspecified atom stereocenters. The summed E-state index contributed by atoms with van der Waals surface area (Å²) in [5.74, 6) is 0.764. The highest BCUT2D eigenvalue weighted by Crippen LogP contribution is 2.18. The van der Waals surface area contributed by atoms with E-state index in [4.69, 9.17) is 4.74 Å². The average Bonchev–Trinajstić information content (AvgIpc) is 2.68. The summed E-state index contributed by atoms with van der Waals surface area (Å²) in [5, 5.41) is 13.7. The largest absolute Gasteiger partial charge is 0.388 e. The van der Waals surface area contributed by atoms with Crippen LogP contribution >= 0.6 is 0 Å². The summed E-state index contributed by atoms with van der Waals surface area (Å²) in [6.45, 7) is 5.90. The third-order valence-corrected chi connectivity index (χ3v) is 4.40. The zero-order valence-corrected chi connectivity index (χ0v) is 14.6. The molecule has 25 heavy (non-hydrogen) atoms. The van der Waals surface area contributed by atoms with Crippen LogP contribution in [0.5, 0.6) is 0 Å². The number of nitrogens with one attached hydrogen (secondary N) is 1. The van der Waals surface area contributed by atoms with Crippen molar-refractivity contribution in [1.82, 2.24) is 15.3 Å². The van der Waals surface area contributed by atoms with Crippen LogP contribution in [0.25, 0.3) is 0 Å². The summed E-state index contributed by atoms with van der Waals surface area (Å²) in [5.41, 5.74) is 1.99. The second-order valence-electron chi connectivity index (χ2n) is 6.43. The molecule has 0 aliphatic carbocycles. The Morgan fingerprint density at radius 1 is 1.16 bits per heavy atom. The van der Waals surface area contributed by atoms with Crippen LogP contribution < -0.4 is 10.2 Å². The van der Waals surface area contributed by atoms with Gasteiger partial charge < -0.3 is 20.1 Å². The first kappa shape index (κ1) is 17.8. The molecule has 0 bridgehead atoms. The number of morpholine rings is 1. The van der Waals surface area contributed by atoms with Crippen molar-refractivity contribution in [1.29, 1.82) is 0 Å². The molecule has 2 atom stereocenters. The molecule has 1 saturated heterocycles. The van der Waals surface area contributed by atoms with Gasteiger partial charge in [0.25, 0.3) is 0 Å². The molecule has 1 aromatic heterocycles. The van der Waals surface area contributed by atoms with Crippen molar-refractivity contribution >= 4 is 5.95 Å². The zero-order valence-electron chi connectivity index (χ0n) is 14.6. The fourth-order valence-corrected chi connectivity index (χ4v) is 2.89. The first-order valence-electron chi connectivity index (χ1n) is 8.82. The Morgan fingerprint density at radius 2 is 1.84 bits per heavy atom. The predicted molar refractivity (Wildman–Crippen MR) is 97.4 cm³/mol. The van der Waals surface area contributed by atoms with E-state index in [1.165, 1.54) is 0 Å². The Balaban J connectivity index is 1.46. The fraction of sp³-hybridized carbons (Fsp3) is 0.474. The van der Waals surface area contributed by atoms with Crippen molar-refractivity contribution < 1.29 is 9.84 Å². The van der Waals surface area contributed by atoms with Crippen LogP contribution in [0, 0.1) is 0 Å². The van der Waals surface area contributed by atoms with Crippen LogP contribution in [0.2, 0.25) is 0 Å². The predicted octanol–water partition coefficient (Wildman–Crippen LogP) is 1.92. The molecule has 6 nitrogen and oxygen atoms in total. The summed E-state index contributed by atoms with van der Waals surface area (Å²) < 4.78 is 5.35. The number of ether oxygens (including phenoxy) is 1. The van der Waals surface area contributed by atoms with E-state index in [-0.39, 0.29) is 6.04 Å². The van der Waals surface area contributed by atoms with E-state index in [2.05, 4.69) is 27.1 Å². The number of aliphatic hydroxyl groups is 1. The Morgan fingerprint density at radius 3 is 2.52 bits per heavy atom. The van der Waals surface area contributed by atoms with Crippen LogP contribution in [0.3, 0.4) is 0 Å². The van der Waals surface area contributed by atoms with Crippen molar-refractivity contribution in [2.45, 2.75) is 32.0 Å². The molecule has 134 valence electrons. The average molecular weight is 342 g/mol. The smallest absolute Gasteiger partial charge is 0.225 e. The minimum Gasteiger partial charge on any atom is -0.388 e. The van der Waals surface area contributed by atoms with Crippen LogP contribution in [0.4, 0.5) is 5.95 Å². The maximum absolute atomic E-state index is 10.3. The van der Waals surface area contributed by atoms with Gasteiger partial charge in [-0.15, -0.1) is 0 Å². The summed E-state index contributed by atoms with van der Waals surface area (Å²) in [4.78, 5) is 11.1. The third kappa shape index (κ3) is 5.22. The van der Waals surface area contributed by atoms with Gasteiger partial charge in [0.2, 0.25) is 5.95 Å². The molecule has 6 heteroatoms. The molecule has 0 spiro atoms. The van der Waals surface area contributed by atoms with Crippen LogP contribution in [0.15, 0.2) is 42.7 Å². The molecule has 3 rings (SSSR count). The molecule has 0 radical (unpaired) electrons. The highest BCUT2D eigenvalue weighted by molar-refractivity contribution is 5.30. The quantitative estimate of drug-likeness (QED) is 0.801. The summed E-state index contributed by atoms with van der Waals surface area (Å²) >= 11 is 0. The van der Waals surface area contributed by atoms with Crippen LogP contribution in [-0.2, 0) is 11.3 Å². The molecular formula is C19H26N4O2. The van der Waals surface area contributed by atoms with Crippen molar-refractivity contribution in [3.63, 3.8) is 0 Å². The zero-order chi connectivity index (χ0) is 17.5. The lowest BCUT2D eigenvalue weighted by molar-refractivity contribution is 0.122. The van der Waals surface area contributed by atoms with E-state index in [1.54, 1.807) is 0 Å². The molecule has 2 heterocycles. The maximum Gasteiger partial charge on any atom is 0.225 e. The number of benzene rings is 1. The molecule has 0 amide bonds. The standard InChI is InChI=1S/C19H26N4O2/c1-15(11-18(24)17-5-3-2-4-6-17)20-12-16-13-21-19(22-14-16)23-7-9-25-10-8-23/h2-6,13-15,18,20,24H,7-12H2,1H3. The Kier molecular flexibility index (Phi) is 6.33. The van der Waals surface area contributed by atoms with Crippen molar-refractivity contribution in [3.05, 3.63) is 53.9 Å². The lowest BCUT2D eigenvalue weighted by Gasteiger charge is -2.26. The van der Waals surface area contributed by atoms with Gasteiger partial charge >= 0.3 is 0 Å². The van der Waals surface area contributed by atoms with E-state index >= 15 is 0 Å². The number of anilines is 1. The van der Waals surface area contributed by atoms with Gasteiger partial charge in [0, 0.05) is 43.6 Å². The Bertz CT molecular complexity index is 630. The number of aromatic nitrogens is 2. The lowest BCUT2D eigenvalue weighted by atomic mass is 10.0. The highest BCUT2D eigenvalue weighted by atomic mass is 16.5. The lowest BCUT2D eigenvalue weighted by Crippen LogP contribution is -2.37. The van der Waals surface area contributed by atoms with Gasteiger partial charge in [0.15, 0.2) is 0 Å². The summed E-state index contributed by atoms with van der Waals surface area (Å²) in [6.07, 6.45) is 3.94. The van der Waals surface area contributed by atoms with Gasteiger partial charge in [0.1, 0.15) is 0 Å². The van der Waals surface area contributed by atoms with Gasteiger partial charge in [-0.3, -0.25) is 0 Å². The second-order valence-corrected chi connectivity index (χ2v) is 6.43. The number of nitrogens with zero attached hydrogens (tertiary/aromatic N) is 3. The number of hydrogen-bond donors (Lipinski definition) is 2. The second kappa shape index (κ2) is 8.89. The van der Waals surface area contributed by atoms with Gasteiger partial charge in [-0.05, 0) is 18.9 Å². The molecule has 1 aromatic carbocycles. The van der Waals surface area contributed by atoms with E-state index < -0.39 is 6.10 Å². The molecule has 1 fully saturated rings. The summed E-state index contributed by atoms with van der Waals surface area (Å²) in [6, 6.07) is 9.95. The first-order valence-corrected chi connectivity index (χ1v) is 8.82. The fourth-order valence-electron chi connectivity index (χ4n) is 2.89. The van der Waals surface area contributed by atoms with Crippen molar-refractivity contribution in [2.24, 2.45) is 0 Å². The van der Waals surface area contributed by atoms with E-state index in [9.17, 15) is 5.11 Å². The molecule has 1 aliphatic heterocycles. The molecule has 2 aromatic rings. The Labute approximate surface area is 148 Å². The van der Waals surface area contributed by atoms with Gasteiger partial charge in [-0.2, -0.15) is 0 Å². The normalized spacial score (nSPS) is 17.3. The minimum absolute atomic E-state index is 0.189. The van der Waals surface area contributed by atoms with E-state index in [1.807, 2.05) is 42.7 Å². The third-order valence-electron chi connectivity index (χ3n) is 4.40. The summed E-state index contributed by atoms with van der Waals surface area (Å²) in [7, 11) is 0. The van der Waals surface area contributed by atoms with E-state index in [0.29, 0.717) is 13.0 Å². The van der Waals surface area contributed by atoms with E-state index in [0.717, 1.165) is 43.4 Å². The molecule has 1 aliphatic rings. The number of aliphatic hydroxyl groups excluding tert-OH is 1. The topological polar surface area (TPSA) is 70.5 Å². The van der Waals surface area contributed by atoms with Crippen LogP contribution in [0.1, 0.15) is 30.6 Å². The van der Waals surface area contributed by atoms with Crippen LogP contribution in [-0.4, -0.2) is 47.4 Å². The first-order chi connectivity index (χ1) is 12.2. The monoisotopic (exact) mass is 342 g/mol. The highest BCUT2D eigenvalue weighted by Gasteiger charge is 2.14. The SMILES string of the molecule is CC(CC(O)c1ccccc1)NCc1cnc(N2CCOCC2)nc1. The molecular weight excluding hydrogens is 316 g/mol. The van der Waals surface area contributed by atoms with Crippen molar-refractivity contribution in [2.75, 3.05) is 31.2 Å². The molecule has 2 N–H and O–H groups in total. The number of rotatable bonds is 7. The van der Waals surface area contributed by atoms with Crippen molar-refractivity contribution in [3.8, 4) is 0 Å². The molecule has 0 saturated carbocycles. The van der Waals surface area contributed by atoms with Gasteiger partial charge in [-0.1, -0.05) is 30.3 Å². The minimum atomic E-state index is -0.455. The Hall–Kier alpha value is -2.02. The van der Waals surface area contributed by atoms with Gasteiger partial charge in [-0.25, -0.2) is 9.97 Å². The maximum atomic E-state index is 10.3. The number of hydrogen-bond acceptors (Lipinski definition) is 6.